The van der Waals surface area contributed by atoms with Gasteiger partial charge in [-0.2, -0.15) is 5.26 Å². The molecule has 0 amide bonds. The number of nitriles is 1. The van der Waals surface area contributed by atoms with Gasteiger partial charge >= 0.3 is 0 Å². The van der Waals surface area contributed by atoms with Crippen molar-refractivity contribution in [3.63, 3.8) is 0 Å². The summed E-state index contributed by atoms with van der Waals surface area (Å²) in [6.07, 6.45) is 9.71. The first-order chi connectivity index (χ1) is 16.9. The lowest BCUT2D eigenvalue weighted by Crippen LogP contribution is -2.39. The van der Waals surface area contributed by atoms with Crippen LogP contribution in [0, 0.1) is 22.7 Å². The Morgan fingerprint density at radius 3 is 2.31 bits per heavy atom. The van der Waals surface area contributed by atoms with Gasteiger partial charge in [-0.25, -0.2) is 0 Å². The van der Waals surface area contributed by atoms with Gasteiger partial charge in [0.25, 0.3) is 0 Å². The largest absolute Gasteiger partial charge is 0.317 e. The molecule has 1 heterocycles. The van der Waals surface area contributed by atoms with Gasteiger partial charge in [-0.05, 0) is 111 Å². The standard InChI is InChI=1S/C32H47N3/c1-5-34-20-8-6-7-9-26-10-13-28(14-11-26)30-17-16-29(31(23-30)24-33)15-12-27-18-21-35(22-19-27)25-32(2,3)4/h10-11,13-14,16-17,23,27,34H,5-9,12,15,18-22,25H2,1-4H3. The van der Waals surface area contributed by atoms with Crippen LogP contribution in [0.4, 0.5) is 0 Å². The summed E-state index contributed by atoms with van der Waals surface area (Å²) in [6, 6.07) is 17.9. The Morgan fingerprint density at radius 2 is 1.66 bits per heavy atom. The van der Waals surface area contributed by atoms with Gasteiger partial charge in [-0.3, -0.25) is 0 Å². The van der Waals surface area contributed by atoms with Crippen molar-refractivity contribution in [3.8, 4) is 17.2 Å². The lowest BCUT2D eigenvalue weighted by molar-refractivity contribution is 0.133. The molecule has 3 heteroatoms. The Bertz CT molecular complexity index is 925. The van der Waals surface area contributed by atoms with Gasteiger partial charge in [-0.1, -0.05) is 70.5 Å². The van der Waals surface area contributed by atoms with Crippen molar-refractivity contribution >= 4 is 0 Å². The fraction of sp³-hybridized carbons (Fsp3) is 0.594. The van der Waals surface area contributed by atoms with Gasteiger partial charge in [0.1, 0.15) is 0 Å². The predicted molar refractivity (Wildman–Crippen MR) is 150 cm³/mol. The summed E-state index contributed by atoms with van der Waals surface area (Å²) < 4.78 is 0. The summed E-state index contributed by atoms with van der Waals surface area (Å²) in [5.41, 5.74) is 6.19. The van der Waals surface area contributed by atoms with Gasteiger partial charge in [0.2, 0.25) is 0 Å². The Balaban J connectivity index is 1.49. The van der Waals surface area contributed by atoms with Crippen LogP contribution >= 0.6 is 0 Å². The normalized spacial score (nSPS) is 15.3. The quantitative estimate of drug-likeness (QED) is 0.330. The number of nitrogens with one attached hydrogen (secondary N) is 1. The molecule has 2 aromatic carbocycles. The molecule has 35 heavy (non-hydrogen) atoms. The number of hydrogen-bond acceptors (Lipinski definition) is 3. The van der Waals surface area contributed by atoms with Crippen LogP contribution in [0.5, 0.6) is 0 Å². The lowest BCUT2D eigenvalue weighted by atomic mass is 9.87. The highest BCUT2D eigenvalue weighted by Gasteiger charge is 2.23. The molecule has 1 N–H and O–H groups in total. The minimum absolute atomic E-state index is 0.377. The van der Waals surface area contributed by atoms with Crippen LogP contribution in [0.25, 0.3) is 11.1 Å². The fourth-order valence-corrected chi connectivity index (χ4v) is 5.34. The Morgan fingerprint density at radius 1 is 0.943 bits per heavy atom. The third-order valence-electron chi connectivity index (χ3n) is 7.31. The van der Waals surface area contributed by atoms with Crippen LogP contribution in [-0.2, 0) is 12.8 Å². The molecule has 1 aliphatic heterocycles. The van der Waals surface area contributed by atoms with E-state index in [0.717, 1.165) is 43.0 Å². The second-order valence-electron chi connectivity index (χ2n) is 11.7. The van der Waals surface area contributed by atoms with Gasteiger partial charge in [0, 0.05) is 6.54 Å². The number of piperidine rings is 1. The summed E-state index contributed by atoms with van der Waals surface area (Å²) in [7, 11) is 0. The number of rotatable bonds is 12. The molecule has 0 spiro atoms. The maximum Gasteiger partial charge on any atom is 0.0994 e. The minimum Gasteiger partial charge on any atom is -0.317 e. The smallest absolute Gasteiger partial charge is 0.0994 e. The molecule has 2 aromatic rings. The first kappa shape index (κ1) is 27.4. The van der Waals surface area contributed by atoms with Crippen molar-refractivity contribution in [1.29, 1.82) is 5.26 Å². The third kappa shape index (κ3) is 9.43. The number of benzene rings is 2. The van der Waals surface area contributed by atoms with Crippen LogP contribution in [0.3, 0.4) is 0 Å². The second kappa shape index (κ2) is 13.8. The predicted octanol–water partition coefficient (Wildman–Crippen LogP) is 7.24. The van der Waals surface area contributed by atoms with Gasteiger partial charge in [-0.15, -0.1) is 0 Å². The van der Waals surface area contributed by atoms with Gasteiger partial charge in [0.05, 0.1) is 11.6 Å². The Labute approximate surface area is 214 Å². The molecule has 3 nitrogen and oxygen atoms in total. The average molecular weight is 474 g/mol. The molecular formula is C32H47N3. The molecule has 1 saturated heterocycles. The zero-order chi connectivity index (χ0) is 25.1. The SMILES string of the molecule is CCNCCCCCc1ccc(-c2ccc(CCC3CCN(CC(C)(C)C)CC3)c(C#N)c2)cc1. The van der Waals surface area contributed by atoms with Crippen molar-refractivity contribution in [2.24, 2.45) is 11.3 Å². The van der Waals surface area contributed by atoms with Crippen LogP contribution < -0.4 is 5.32 Å². The molecule has 0 atom stereocenters. The molecule has 0 saturated carbocycles. The molecular weight excluding hydrogens is 426 g/mol. The first-order valence-electron chi connectivity index (χ1n) is 13.9. The van der Waals surface area contributed by atoms with Crippen molar-refractivity contribution in [2.45, 2.75) is 79.1 Å². The number of nitrogens with zero attached hydrogens (tertiary/aromatic N) is 2. The highest BCUT2D eigenvalue weighted by molar-refractivity contribution is 5.66. The molecule has 0 bridgehead atoms. The highest BCUT2D eigenvalue weighted by Crippen LogP contribution is 2.28. The molecule has 0 radical (unpaired) electrons. The number of likely N-dealkylation sites (tertiary alicyclic amines) is 1. The summed E-state index contributed by atoms with van der Waals surface area (Å²) >= 11 is 0. The van der Waals surface area contributed by atoms with Crippen LogP contribution in [0.15, 0.2) is 42.5 Å². The van der Waals surface area contributed by atoms with E-state index in [-0.39, 0.29) is 0 Å². The molecule has 0 aromatic heterocycles. The second-order valence-corrected chi connectivity index (χ2v) is 11.7. The Kier molecular flexibility index (Phi) is 10.8. The molecule has 190 valence electrons. The number of unbranched alkanes of at least 4 members (excludes halogenated alkanes) is 2. The molecule has 0 aliphatic carbocycles. The molecule has 1 aliphatic rings. The van der Waals surface area contributed by atoms with E-state index in [9.17, 15) is 5.26 Å². The van der Waals surface area contributed by atoms with Crippen LogP contribution in [0.2, 0.25) is 0 Å². The van der Waals surface area contributed by atoms with Crippen LogP contribution in [0.1, 0.15) is 82.9 Å². The van der Waals surface area contributed by atoms with Gasteiger partial charge in [0.15, 0.2) is 0 Å². The Hall–Kier alpha value is -2.15. The number of aryl methyl sites for hydroxylation is 2. The average Bonchev–Trinajstić information content (AvgIpc) is 2.85. The van der Waals surface area contributed by atoms with Crippen molar-refractivity contribution < 1.29 is 0 Å². The number of hydrogen-bond donors (Lipinski definition) is 1. The topological polar surface area (TPSA) is 39.1 Å². The maximum atomic E-state index is 9.83. The summed E-state index contributed by atoms with van der Waals surface area (Å²) in [4.78, 5) is 2.63. The maximum absolute atomic E-state index is 9.83. The molecule has 0 unspecified atom stereocenters. The molecule has 1 fully saturated rings. The molecule has 3 rings (SSSR count). The summed E-state index contributed by atoms with van der Waals surface area (Å²) in [5.74, 6) is 0.785. The van der Waals surface area contributed by atoms with Crippen molar-refractivity contribution in [1.82, 2.24) is 10.2 Å². The van der Waals surface area contributed by atoms with Crippen LogP contribution in [-0.4, -0.2) is 37.6 Å². The monoisotopic (exact) mass is 473 g/mol. The first-order valence-corrected chi connectivity index (χ1v) is 13.9. The zero-order valence-electron chi connectivity index (χ0n) is 22.7. The third-order valence-corrected chi connectivity index (χ3v) is 7.31. The van der Waals surface area contributed by atoms with E-state index in [1.165, 1.54) is 74.8 Å². The summed E-state index contributed by atoms with van der Waals surface area (Å²) in [6.45, 7) is 15.0. The van der Waals surface area contributed by atoms with Crippen molar-refractivity contribution in [3.05, 3.63) is 59.2 Å². The highest BCUT2D eigenvalue weighted by atomic mass is 15.1. The lowest BCUT2D eigenvalue weighted by Gasteiger charge is -2.36. The van der Waals surface area contributed by atoms with Gasteiger partial charge < -0.3 is 10.2 Å². The minimum atomic E-state index is 0.377. The van der Waals surface area contributed by atoms with E-state index in [2.05, 4.69) is 86.4 Å². The van der Waals surface area contributed by atoms with E-state index < -0.39 is 0 Å². The van der Waals surface area contributed by atoms with E-state index >= 15 is 0 Å². The van der Waals surface area contributed by atoms with E-state index in [1.54, 1.807) is 0 Å². The summed E-state index contributed by atoms with van der Waals surface area (Å²) in [5, 5.41) is 13.2. The van der Waals surface area contributed by atoms with E-state index in [1.807, 2.05) is 0 Å². The van der Waals surface area contributed by atoms with E-state index in [4.69, 9.17) is 0 Å². The fourth-order valence-electron chi connectivity index (χ4n) is 5.34. The van der Waals surface area contributed by atoms with Crippen molar-refractivity contribution in [2.75, 3.05) is 32.7 Å². The van der Waals surface area contributed by atoms with E-state index in [0.29, 0.717) is 5.41 Å². The zero-order valence-corrected chi connectivity index (χ0v) is 22.7.